The van der Waals surface area contributed by atoms with Crippen LogP contribution in [0.15, 0.2) is 34.9 Å². The van der Waals surface area contributed by atoms with Gasteiger partial charge in [-0.05, 0) is 56.0 Å². The number of amides is 2. The summed E-state index contributed by atoms with van der Waals surface area (Å²) in [5.74, 6) is 0.733. The van der Waals surface area contributed by atoms with Gasteiger partial charge in [-0.3, -0.25) is 9.59 Å². The van der Waals surface area contributed by atoms with Gasteiger partial charge in [-0.1, -0.05) is 12.8 Å². The monoisotopic (exact) mass is 488 g/mol. The van der Waals surface area contributed by atoms with Crippen LogP contribution < -0.4 is 19.5 Å². The number of hydrogen-bond donors (Lipinski definition) is 1. The minimum Gasteiger partial charge on any atom is -0.493 e. The highest BCUT2D eigenvalue weighted by atomic mass is 16.5. The Morgan fingerprint density at radius 1 is 1.11 bits per heavy atom. The Hall–Kier alpha value is -3.20. The molecule has 1 atom stereocenters. The Morgan fingerprint density at radius 2 is 1.80 bits per heavy atom. The lowest BCUT2D eigenvalue weighted by atomic mass is 10.0. The third-order valence-corrected chi connectivity index (χ3v) is 6.15. The molecule has 0 radical (unpaired) electrons. The van der Waals surface area contributed by atoms with Crippen molar-refractivity contribution in [2.75, 3.05) is 41.1 Å². The number of methoxy groups -OCH3 is 3. The van der Waals surface area contributed by atoms with Crippen LogP contribution in [0, 0.1) is 0 Å². The van der Waals surface area contributed by atoms with Gasteiger partial charge in [-0.15, -0.1) is 0 Å². The van der Waals surface area contributed by atoms with E-state index in [4.69, 9.17) is 23.4 Å². The summed E-state index contributed by atoms with van der Waals surface area (Å²) in [5.41, 5.74) is 0.548. The molecule has 9 nitrogen and oxygen atoms in total. The highest BCUT2D eigenvalue weighted by Crippen LogP contribution is 2.41. The summed E-state index contributed by atoms with van der Waals surface area (Å²) in [6, 6.07) is 5.81. The standard InChI is InChI=1S/C26H36N2O7/c1-5-34-14-9-13-28(26(30)20-12-8-15-35-20)23(25(29)27-19-10-6-7-11-19)18-16-21(31-2)24(33-4)22(17-18)32-3/h8,12,15-17,19,23H,5-7,9-11,13-14H2,1-4H3,(H,27,29). The van der Waals surface area contributed by atoms with Crippen LogP contribution in [0.3, 0.4) is 0 Å². The molecule has 0 bridgehead atoms. The van der Waals surface area contributed by atoms with Crippen molar-refractivity contribution < 1.29 is 33.0 Å². The molecular formula is C26H36N2O7. The fourth-order valence-corrected chi connectivity index (χ4v) is 4.45. The molecule has 192 valence electrons. The van der Waals surface area contributed by atoms with Gasteiger partial charge < -0.3 is 33.6 Å². The summed E-state index contributed by atoms with van der Waals surface area (Å²) in [6.07, 6.45) is 5.98. The minimum absolute atomic E-state index is 0.0797. The molecule has 1 heterocycles. The van der Waals surface area contributed by atoms with Crippen molar-refractivity contribution in [3.05, 3.63) is 41.9 Å². The first-order chi connectivity index (χ1) is 17.0. The first-order valence-electron chi connectivity index (χ1n) is 12.1. The van der Waals surface area contributed by atoms with E-state index in [0.29, 0.717) is 49.0 Å². The van der Waals surface area contributed by atoms with Crippen molar-refractivity contribution in [1.29, 1.82) is 0 Å². The van der Waals surface area contributed by atoms with E-state index in [1.807, 2.05) is 6.92 Å². The largest absolute Gasteiger partial charge is 0.493 e. The van der Waals surface area contributed by atoms with Crippen LogP contribution in [0.25, 0.3) is 0 Å². The molecule has 0 aliphatic heterocycles. The number of nitrogens with one attached hydrogen (secondary N) is 1. The number of furan rings is 1. The molecule has 0 spiro atoms. The molecule has 1 saturated carbocycles. The predicted octanol–water partition coefficient (Wildman–Crippen LogP) is 3.97. The molecule has 1 aromatic carbocycles. The van der Waals surface area contributed by atoms with Crippen molar-refractivity contribution in [2.24, 2.45) is 0 Å². The van der Waals surface area contributed by atoms with Crippen molar-refractivity contribution >= 4 is 11.8 Å². The first-order valence-corrected chi connectivity index (χ1v) is 12.1. The highest BCUT2D eigenvalue weighted by Gasteiger charge is 2.35. The quantitative estimate of drug-likeness (QED) is 0.426. The number of carbonyl (C=O) groups excluding carboxylic acids is 2. The van der Waals surface area contributed by atoms with E-state index in [1.165, 1.54) is 32.5 Å². The Balaban J connectivity index is 2.06. The normalized spacial score (nSPS) is 14.4. The van der Waals surface area contributed by atoms with E-state index < -0.39 is 6.04 Å². The molecule has 1 fully saturated rings. The van der Waals surface area contributed by atoms with E-state index in [-0.39, 0.29) is 23.6 Å². The number of carbonyl (C=O) groups is 2. The molecule has 3 rings (SSSR count). The lowest BCUT2D eigenvalue weighted by Gasteiger charge is -2.32. The van der Waals surface area contributed by atoms with Crippen LogP contribution in [0.5, 0.6) is 17.2 Å². The van der Waals surface area contributed by atoms with Gasteiger partial charge in [-0.25, -0.2) is 0 Å². The Kier molecular flexibility index (Phi) is 9.84. The van der Waals surface area contributed by atoms with Crippen LogP contribution in [0.1, 0.15) is 61.2 Å². The Bertz CT molecular complexity index is 930. The summed E-state index contributed by atoms with van der Waals surface area (Å²) in [4.78, 5) is 28.9. The summed E-state index contributed by atoms with van der Waals surface area (Å²) in [7, 11) is 4.55. The van der Waals surface area contributed by atoms with Crippen molar-refractivity contribution in [3.8, 4) is 17.2 Å². The molecule has 1 N–H and O–H groups in total. The fourth-order valence-electron chi connectivity index (χ4n) is 4.45. The van der Waals surface area contributed by atoms with Gasteiger partial charge >= 0.3 is 0 Å². The first kappa shape index (κ1) is 26.4. The van der Waals surface area contributed by atoms with Gasteiger partial charge in [0.1, 0.15) is 6.04 Å². The van der Waals surface area contributed by atoms with E-state index in [1.54, 1.807) is 24.3 Å². The minimum atomic E-state index is -0.941. The van der Waals surface area contributed by atoms with Gasteiger partial charge in [0.25, 0.3) is 5.91 Å². The Morgan fingerprint density at radius 3 is 2.34 bits per heavy atom. The summed E-state index contributed by atoms with van der Waals surface area (Å²) in [6.45, 7) is 3.24. The highest BCUT2D eigenvalue weighted by molar-refractivity contribution is 5.96. The predicted molar refractivity (Wildman–Crippen MR) is 130 cm³/mol. The summed E-state index contributed by atoms with van der Waals surface area (Å²) in [5, 5.41) is 3.16. The molecular weight excluding hydrogens is 452 g/mol. The van der Waals surface area contributed by atoms with Crippen LogP contribution in [0.4, 0.5) is 0 Å². The van der Waals surface area contributed by atoms with Crippen LogP contribution >= 0.6 is 0 Å². The Labute approximate surface area is 206 Å². The zero-order valence-corrected chi connectivity index (χ0v) is 21.0. The molecule has 2 amide bonds. The molecule has 35 heavy (non-hydrogen) atoms. The lowest BCUT2D eigenvalue weighted by molar-refractivity contribution is -0.126. The maximum atomic E-state index is 13.8. The van der Waals surface area contributed by atoms with Gasteiger partial charge in [-0.2, -0.15) is 0 Å². The average Bonchev–Trinajstić information content (AvgIpc) is 3.59. The third-order valence-electron chi connectivity index (χ3n) is 6.15. The smallest absolute Gasteiger partial charge is 0.290 e. The van der Waals surface area contributed by atoms with Gasteiger partial charge in [0.05, 0.1) is 27.6 Å². The van der Waals surface area contributed by atoms with Crippen LogP contribution in [0.2, 0.25) is 0 Å². The van der Waals surface area contributed by atoms with Gasteiger partial charge in [0, 0.05) is 25.8 Å². The molecule has 1 aromatic heterocycles. The molecule has 2 aromatic rings. The number of benzene rings is 1. The average molecular weight is 489 g/mol. The van der Waals surface area contributed by atoms with Crippen molar-refractivity contribution in [1.82, 2.24) is 10.2 Å². The maximum Gasteiger partial charge on any atom is 0.290 e. The second-order valence-electron chi connectivity index (χ2n) is 8.38. The van der Waals surface area contributed by atoms with Gasteiger partial charge in [0.15, 0.2) is 17.3 Å². The molecule has 1 aliphatic rings. The van der Waals surface area contributed by atoms with E-state index in [0.717, 1.165) is 25.7 Å². The SMILES string of the molecule is CCOCCCN(C(=O)c1ccco1)C(C(=O)NC1CCCC1)c1cc(OC)c(OC)c(OC)c1. The lowest BCUT2D eigenvalue weighted by Crippen LogP contribution is -2.46. The summed E-state index contributed by atoms with van der Waals surface area (Å²) < 4.78 is 27.4. The van der Waals surface area contributed by atoms with Crippen molar-refractivity contribution in [3.63, 3.8) is 0 Å². The maximum absolute atomic E-state index is 13.8. The van der Waals surface area contributed by atoms with Gasteiger partial charge in [0.2, 0.25) is 11.7 Å². The number of ether oxygens (including phenoxy) is 4. The van der Waals surface area contributed by atoms with E-state index in [2.05, 4.69) is 5.32 Å². The number of hydrogen-bond acceptors (Lipinski definition) is 7. The molecule has 9 heteroatoms. The van der Waals surface area contributed by atoms with Crippen molar-refractivity contribution in [2.45, 2.75) is 51.1 Å². The number of nitrogens with zero attached hydrogens (tertiary/aromatic N) is 1. The van der Waals surface area contributed by atoms with Crippen LogP contribution in [-0.4, -0.2) is 63.8 Å². The molecule has 1 unspecified atom stereocenters. The number of rotatable bonds is 13. The van der Waals surface area contributed by atoms with E-state index in [9.17, 15) is 9.59 Å². The topological polar surface area (TPSA) is 99.5 Å². The molecule has 0 saturated heterocycles. The van der Waals surface area contributed by atoms with E-state index >= 15 is 0 Å². The zero-order chi connectivity index (χ0) is 25.2. The zero-order valence-electron chi connectivity index (χ0n) is 21.0. The third kappa shape index (κ3) is 6.48. The fraction of sp³-hybridized carbons (Fsp3) is 0.538. The second kappa shape index (κ2) is 13.0. The van der Waals surface area contributed by atoms with Crippen LogP contribution in [-0.2, 0) is 9.53 Å². The summed E-state index contributed by atoms with van der Waals surface area (Å²) >= 11 is 0. The second-order valence-corrected chi connectivity index (χ2v) is 8.38. The molecule has 1 aliphatic carbocycles.